The van der Waals surface area contributed by atoms with E-state index in [2.05, 4.69) is 47.3 Å². The lowest BCUT2D eigenvalue weighted by atomic mass is 9.70. The lowest BCUT2D eigenvalue weighted by Crippen LogP contribution is -2.37. The Bertz CT molecular complexity index is 1120. The number of amides is 1. The first-order valence-corrected chi connectivity index (χ1v) is 11.8. The van der Waals surface area contributed by atoms with Crippen molar-refractivity contribution in [2.45, 2.75) is 33.6 Å². The highest BCUT2D eigenvalue weighted by Crippen LogP contribution is 2.38. The maximum Gasteiger partial charge on any atom is 0.251 e. The van der Waals surface area contributed by atoms with Gasteiger partial charge in [0.25, 0.3) is 5.91 Å². The Kier molecular flexibility index (Phi) is 7.40. The molecule has 1 aliphatic carbocycles. The molecule has 0 bridgehead atoms. The molecule has 1 aromatic carbocycles. The number of nitrogens with zero attached hydrogens (tertiary/aromatic N) is 3. The number of allylic oxidation sites excluding steroid dienone is 1. The Labute approximate surface area is 200 Å². The molecule has 4 rings (SSSR count). The van der Waals surface area contributed by atoms with Crippen molar-refractivity contribution < 1.29 is 13.9 Å². The van der Waals surface area contributed by atoms with Crippen molar-refractivity contribution in [3.8, 4) is 17.2 Å². The molecule has 7 heteroatoms. The normalized spacial score (nSPS) is 20.1. The van der Waals surface area contributed by atoms with Gasteiger partial charge in [0, 0.05) is 36.5 Å². The van der Waals surface area contributed by atoms with Crippen LogP contribution in [0.5, 0.6) is 5.75 Å². The summed E-state index contributed by atoms with van der Waals surface area (Å²) in [7, 11) is 1.62. The Morgan fingerprint density at radius 1 is 1.15 bits per heavy atom. The van der Waals surface area contributed by atoms with Crippen LogP contribution < -0.4 is 10.1 Å². The SMILES string of the molecule is COc1ccc(C(=O)NC[C@@H]2C=C(C)[C@H](Cc3nnc(-c4ccncc4)o3)C[C@H]2C(C)C)cc1. The maximum absolute atomic E-state index is 12.7. The number of pyridine rings is 1. The number of benzene rings is 1. The van der Waals surface area contributed by atoms with E-state index in [4.69, 9.17) is 9.15 Å². The molecule has 0 fully saturated rings. The number of ether oxygens (including phenoxy) is 1. The number of rotatable bonds is 8. The lowest BCUT2D eigenvalue weighted by molar-refractivity contribution is 0.0939. The molecule has 3 aromatic rings. The summed E-state index contributed by atoms with van der Waals surface area (Å²) in [5, 5.41) is 11.6. The highest BCUT2D eigenvalue weighted by atomic mass is 16.5. The zero-order valence-electron chi connectivity index (χ0n) is 20.2. The molecule has 178 valence electrons. The maximum atomic E-state index is 12.7. The first kappa shape index (κ1) is 23.7. The molecule has 0 saturated heterocycles. The van der Waals surface area contributed by atoms with Crippen molar-refractivity contribution in [3.05, 3.63) is 71.9 Å². The van der Waals surface area contributed by atoms with Crippen molar-refractivity contribution in [1.29, 1.82) is 0 Å². The third-order valence-electron chi connectivity index (χ3n) is 6.75. The van der Waals surface area contributed by atoms with Gasteiger partial charge in [0.05, 0.1) is 7.11 Å². The van der Waals surface area contributed by atoms with E-state index in [-0.39, 0.29) is 11.8 Å². The highest BCUT2D eigenvalue weighted by Gasteiger charge is 2.32. The van der Waals surface area contributed by atoms with Crippen molar-refractivity contribution in [1.82, 2.24) is 20.5 Å². The summed E-state index contributed by atoms with van der Waals surface area (Å²) in [6.07, 6.45) is 7.50. The smallest absolute Gasteiger partial charge is 0.251 e. The minimum Gasteiger partial charge on any atom is -0.497 e. The molecule has 2 heterocycles. The Morgan fingerprint density at radius 2 is 1.88 bits per heavy atom. The predicted molar refractivity (Wildman–Crippen MR) is 130 cm³/mol. The van der Waals surface area contributed by atoms with E-state index in [1.807, 2.05) is 12.1 Å². The van der Waals surface area contributed by atoms with E-state index in [0.717, 1.165) is 17.7 Å². The fourth-order valence-corrected chi connectivity index (χ4v) is 4.72. The van der Waals surface area contributed by atoms with Gasteiger partial charge in [-0.15, -0.1) is 10.2 Å². The Hall–Kier alpha value is -3.48. The number of methoxy groups -OCH3 is 1. The van der Waals surface area contributed by atoms with Gasteiger partial charge in [0.1, 0.15) is 5.75 Å². The topological polar surface area (TPSA) is 90.1 Å². The molecule has 0 unspecified atom stereocenters. The number of hydrogen-bond acceptors (Lipinski definition) is 6. The average Bonchev–Trinajstić information content (AvgIpc) is 3.33. The van der Waals surface area contributed by atoms with Gasteiger partial charge >= 0.3 is 0 Å². The van der Waals surface area contributed by atoms with Gasteiger partial charge in [0.15, 0.2) is 0 Å². The van der Waals surface area contributed by atoms with Crippen LogP contribution in [0.1, 0.15) is 43.4 Å². The van der Waals surface area contributed by atoms with Gasteiger partial charge in [0.2, 0.25) is 11.8 Å². The summed E-state index contributed by atoms with van der Waals surface area (Å²) in [4.78, 5) is 16.7. The van der Waals surface area contributed by atoms with Crippen LogP contribution in [0.4, 0.5) is 0 Å². The van der Waals surface area contributed by atoms with E-state index < -0.39 is 0 Å². The monoisotopic (exact) mass is 460 g/mol. The number of aromatic nitrogens is 3. The first-order chi connectivity index (χ1) is 16.4. The second kappa shape index (κ2) is 10.6. The standard InChI is InChI=1S/C27H32N4O3/c1-17(2)24-14-21(15-25-30-31-27(34-25)20-9-11-28-12-10-20)18(3)13-22(24)16-29-26(32)19-5-7-23(33-4)8-6-19/h5-13,17,21-22,24H,14-16H2,1-4H3,(H,29,32)/t21-,22-,24-/m0/s1. The third kappa shape index (κ3) is 5.53. The van der Waals surface area contributed by atoms with Crippen LogP contribution in [0, 0.1) is 23.7 Å². The molecule has 7 nitrogen and oxygen atoms in total. The fraction of sp³-hybridized carbons (Fsp3) is 0.407. The van der Waals surface area contributed by atoms with Crippen LogP contribution in [0.2, 0.25) is 0 Å². The van der Waals surface area contributed by atoms with E-state index in [0.29, 0.717) is 48.1 Å². The van der Waals surface area contributed by atoms with Crippen LogP contribution in [-0.2, 0) is 6.42 Å². The molecule has 0 spiro atoms. The summed E-state index contributed by atoms with van der Waals surface area (Å²) in [6.45, 7) is 7.29. The van der Waals surface area contributed by atoms with Crippen LogP contribution >= 0.6 is 0 Å². The van der Waals surface area contributed by atoms with Crippen molar-refractivity contribution in [2.75, 3.05) is 13.7 Å². The zero-order chi connectivity index (χ0) is 24.1. The molecule has 1 amide bonds. The largest absolute Gasteiger partial charge is 0.497 e. The van der Waals surface area contributed by atoms with Crippen molar-refractivity contribution in [3.63, 3.8) is 0 Å². The van der Waals surface area contributed by atoms with E-state index in [1.54, 1.807) is 43.8 Å². The first-order valence-electron chi connectivity index (χ1n) is 11.8. The molecule has 3 atom stereocenters. The highest BCUT2D eigenvalue weighted by molar-refractivity contribution is 5.94. The predicted octanol–water partition coefficient (Wildman–Crippen LogP) is 4.97. The summed E-state index contributed by atoms with van der Waals surface area (Å²) in [6, 6.07) is 10.9. The molecule has 1 aliphatic rings. The van der Waals surface area contributed by atoms with E-state index in [9.17, 15) is 4.79 Å². The number of carbonyl (C=O) groups excluding carboxylic acids is 1. The zero-order valence-corrected chi connectivity index (χ0v) is 20.2. The summed E-state index contributed by atoms with van der Waals surface area (Å²) < 4.78 is 11.1. The summed E-state index contributed by atoms with van der Waals surface area (Å²) in [5.74, 6) is 3.42. The third-order valence-corrected chi connectivity index (χ3v) is 6.75. The average molecular weight is 461 g/mol. The fourth-order valence-electron chi connectivity index (χ4n) is 4.72. The van der Waals surface area contributed by atoms with E-state index in [1.165, 1.54) is 5.57 Å². The van der Waals surface area contributed by atoms with Gasteiger partial charge < -0.3 is 14.5 Å². The quantitative estimate of drug-likeness (QED) is 0.478. The van der Waals surface area contributed by atoms with E-state index >= 15 is 0 Å². The Balaban J connectivity index is 1.41. The van der Waals surface area contributed by atoms with Crippen molar-refractivity contribution >= 4 is 5.91 Å². The van der Waals surface area contributed by atoms with Gasteiger partial charge in [-0.3, -0.25) is 9.78 Å². The molecule has 2 aromatic heterocycles. The molecule has 0 aliphatic heterocycles. The number of carbonyl (C=O) groups is 1. The van der Waals surface area contributed by atoms with Crippen molar-refractivity contribution in [2.24, 2.45) is 23.7 Å². The molecular formula is C27H32N4O3. The molecular weight excluding hydrogens is 428 g/mol. The second-order valence-corrected chi connectivity index (χ2v) is 9.29. The van der Waals surface area contributed by atoms with Crippen LogP contribution in [0.25, 0.3) is 11.5 Å². The number of hydrogen-bond donors (Lipinski definition) is 1. The minimum absolute atomic E-state index is 0.0622. The minimum atomic E-state index is -0.0622. The van der Waals surface area contributed by atoms with Crippen LogP contribution in [0.3, 0.4) is 0 Å². The summed E-state index contributed by atoms with van der Waals surface area (Å²) >= 11 is 0. The van der Waals surface area contributed by atoms with Gasteiger partial charge in [-0.2, -0.15) is 0 Å². The van der Waals surface area contributed by atoms with Gasteiger partial charge in [-0.05, 0) is 73.4 Å². The van der Waals surface area contributed by atoms with Gasteiger partial charge in [-0.1, -0.05) is 25.5 Å². The number of nitrogens with one attached hydrogen (secondary N) is 1. The van der Waals surface area contributed by atoms with Crippen LogP contribution in [0.15, 0.2) is 64.9 Å². The van der Waals surface area contributed by atoms with Crippen LogP contribution in [-0.4, -0.2) is 34.7 Å². The molecule has 34 heavy (non-hydrogen) atoms. The lowest BCUT2D eigenvalue weighted by Gasteiger charge is -2.37. The molecule has 0 radical (unpaired) electrons. The second-order valence-electron chi connectivity index (χ2n) is 9.29. The Morgan fingerprint density at radius 3 is 2.56 bits per heavy atom. The molecule has 0 saturated carbocycles. The molecule has 1 N–H and O–H groups in total. The summed E-state index contributed by atoms with van der Waals surface area (Å²) in [5.41, 5.74) is 2.82. The van der Waals surface area contributed by atoms with Gasteiger partial charge in [-0.25, -0.2) is 0 Å².